The van der Waals surface area contributed by atoms with E-state index in [1.54, 1.807) is 22.1 Å². The van der Waals surface area contributed by atoms with E-state index in [4.69, 9.17) is 0 Å². The van der Waals surface area contributed by atoms with Gasteiger partial charge in [0.2, 0.25) is 5.91 Å². The van der Waals surface area contributed by atoms with Gasteiger partial charge in [-0.25, -0.2) is 9.97 Å². The SMILES string of the molecule is CCn1c(=O)c(N2CCC[C@H](C(=O)NCCc3cccs3)C2)nc2cccnc21. The zero-order valence-electron chi connectivity index (χ0n) is 16.5. The first kappa shape index (κ1) is 19.6. The molecule has 1 amide bonds. The third-order valence-electron chi connectivity index (χ3n) is 5.34. The number of thiophene rings is 1. The van der Waals surface area contributed by atoms with Crippen LogP contribution in [-0.2, 0) is 17.8 Å². The summed E-state index contributed by atoms with van der Waals surface area (Å²) in [4.78, 5) is 37.8. The van der Waals surface area contributed by atoms with Crippen molar-refractivity contribution in [3.8, 4) is 0 Å². The van der Waals surface area contributed by atoms with E-state index in [1.807, 2.05) is 35.4 Å². The van der Waals surface area contributed by atoms with Gasteiger partial charge >= 0.3 is 0 Å². The lowest BCUT2D eigenvalue weighted by Gasteiger charge is -2.32. The number of piperidine rings is 1. The normalized spacial score (nSPS) is 16.9. The van der Waals surface area contributed by atoms with Crippen molar-refractivity contribution in [1.82, 2.24) is 19.9 Å². The van der Waals surface area contributed by atoms with Crippen LogP contribution in [0.3, 0.4) is 0 Å². The van der Waals surface area contributed by atoms with Gasteiger partial charge in [0.25, 0.3) is 5.56 Å². The highest BCUT2D eigenvalue weighted by Gasteiger charge is 2.28. The van der Waals surface area contributed by atoms with E-state index in [9.17, 15) is 9.59 Å². The van der Waals surface area contributed by atoms with Gasteiger partial charge in [-0.3, -0.25) is 14.2 Å². The maximum Gasteiger partial charge on any atom is 0.295 e. The van der Waals surface area contributed by atoms with Crippen molar-refractivity contribution in [3.05, 3.63) is 51.1 Å². The van der Waals surface area contributed by atoms with Gasteiger partial charge in [-0.15, -0.1) is 11.3 Å². The third kappa shape index (κ3) is 4.17. The standard InChI is InChI=1S/C21H25N5O2S/c1-2-26-18-17(8-3-10-22-18)24-19(21(26)28)25-12-4-6-15(14-25)20(27)23-11-9-16-7-5-13-29-16/h3,5,7-8,10,13,15H,2,4,6,9,11-12,14H2,1H3,(H,23,27)/t15-/m0/s1. The maximum atomic E-state index is 13.0. The van der Waals surface area contributed by atoms with Crippen LogP contribution in [0.5, 0.6) is 0 Å². The predicted molar refractivity (Wildman–Crippen MR) is 115 cm³/mol. The first-order valence-electron chi connectivity index (χ1n) is 10.1. The number of amides is 1. The van der Waals surface area contributed by atoms with E-state index in [0.29, 0.717) is 36.6 Å². The Morgan fingerprint density at radius 1 is 1.34 bits per heavy atom. The monoisotopic (exact) mass is 411 g/mol. The Balaban J connectivity index is 1.49. The number of anilines is 1. The van der Waals surface area contributed by atoms with E-state index in [1.165, 1.54) is 4.88 Å². The summed E-state index contributed by atoms with van der Waals surface area (Å²) in [6, 6.07) is 7.80. The number of rotatable bonds is 6. The zero-order chi connectivity index (χ0) is 20.2. The van der Waals surface area contributed by atoms with Crippen molar-refractivity contribution in [3.63, 3.8) is 0 Å². The minimum Gasteiger partial charge on any atom is -0.355 e. The fourth-order valence-electron chi connectivity index (χ4n) is 3.85. The van der Waals surface area contributed by atoms with Crippen LogP contribution in [-0.4, -0.2) is 40.1 Å². The minimum atomic E-state index is -0.141. The first-order valence-corrected chi connectivity index (χ1v) is 11.0. The molecule has 0 radical (unpaired) electrons. The van der Waals surface area contributed by atoms with Crippen molar-refractivity contribution >= 4 is 34.2 Å². The molecule has 4 heterocycles. The van der Waals surface area contributed by atoms with Gasteiger partial charge in [0.1, 0.15) is 5.52 Å². The molecule has 3 aromatic rings. The number of nitrogens with zero attached hydrogens (tertiary/aromatic N) is 4. The Labute approximate surface area is 173 Å². The molecule has 1 aliphatic rings. The smallest absolute Gasteiger partial charge is 0.295 e. The second-order valence-corrected chi connectivity index (χ2v) is 8.27. The number of aromatic nitrogens is 3. The molecule has 0 saturated carbocycles. The zero-order valence-corrected chi connectivity index (χ0v) is 17.3. The molecule has 7 nitrogen and oxygen atoms in total. The van der Waals surface area contributed by atoms with Gasteiger partial charge in [0.05, 0.1) is 5.92 Å². The highest BCUT2D eigenvalue weighted by atomic mass is 32.1. The van der Waals surface area contributed by atoms with Crippen molar-refractivity contribution < 1.29 is 4.79 Å². The number of hydrogen-bond donors (Lipinski definition) is 1. The molecule has 0 aromatic carbocycles. The quantitative estimate of drug-likeness (QED) is 0.674. The van der Waals surface area contributed by atoms with Crippen LogP contribution in [0.4, 0.5) is 5.82 Å². The number of carbonyl (C=O) groups is 1. The second-order valence-electron chi connectivity index (χ2n) is 7.24. The van der Waals surface area contributed by atoms with Crippen LogP contribution in [0, 0.1) is 5.92 Å². The Kier molecular flexibility index (Phi) is 5.89. The molecule has 0 aliphatic carbocycles. The highest BCUT2D eigenvalue weighted by molar-refractivity contribution is 7.09. The summed E-state index contributed by atoms with van der Waals surface area (Å²) in [5.41, 5.74) is 1.16. The Morgan fingerprint density at radius 3 is 3.03 bits per heavy atom. The van der Waals surface area contributed by atoms with Crippen LogP contribution in [0.1, 0.15) is 24.6 Å². The molecule has 1 atom stereocenters. The average Bonchev–Trinajstić information content (AvgIpc) is 3.27. The summed E-state index contributed by atoms with van der Waals surface area (Å²) in [6.07, 6.45) is 4.22. The van der Waals surface area contributed by atoms with Crippen molar-refractivity contribution in [2.24, 2.45) is 5.92 Å². The highest BCUT2D eigenvalue weighted by Crippen LogP contribution is 2.21. The number of aryl methyl sites for hydroxylation is 1. The molecular formula is C21H25N5O2S. The van der Waals surface area contributed by atoms with Gasteiger partial charge in [0.15, 0.2) is 11.5 Å². The summed E-state index contributed by atoms with van der Waals surface area (Å²) >= 11 is 1.70. The number of pyridine rings is 1. The summed E-state index contributed by atoms with van der Waals surface area (Å²) < 4.78 is 1.66. The molecule has 8 heteroatoms. The van der Waals surface area contributed by atoms with Gasteiger partial charge < -0.3 is 10.2 Å². The van der Waals surface area contributed by atoms with Crippen molar-refractivity contribution in [2.75, 3.05) is 24.5 Å². The Morgan fingerprint density at radius 2 is 2.24 bits per heavy atom. The lowest BCUT2D eigenvalue weighted by atomic mass is 9.97. The van der Waals surface area contributed by atoms with Crippen molar-refractivity contribution in [1.29, 1.82) is 0 Å². The number of nitrogens with one attached hydrogen (secondary N) is 1. The molecule has 152 valence electrons. The molecule has 0 bridgehead atoms. The number of fused-ring (bicyclic) bond motifs is 1. The molecular weight excluding hydrogens is 386 g/mol. The summed E-state index contributed by atoms with van der Waals surface area (Å²) in [5.74, 6) is 0.348. The van der Waals surface area contributed by atoms with E-state index < -0.39 is 0 Å². The first-order chi connectivity index (χ1) is 14.2. The van der Waals surface area contributed by atoms with Crippen molar-refractivity contribution in [2.45, 2.75) is 32.7 Å². The molecule has 4 rings (SSSR count). The Bertz CT molecular complexity index is 1050. The summed E-state index contributed by atoms with van der Waals surface area (Å²) in [7, 11) is 0. The van der Waals surface area contributed by atoms with Gasteiger partial charge in [-0.05, 0) is 49.8 Å². The fourth-order valence-corrected chi connectivity index (χ4v) is 4.56. The Hall–Kier alpha value is -2.74. The lowest BCUT2D eigenvalue weighted by Crippen LogP contribution is -2.46. The number of hydrogen-bond acceptors (Lipinski definition) is 6. The number of carbonyl (C=O) groups excluding carboxylic acids is 1. The van der Waals surface area contributed by atoms with Crippen LogP contribution in [0.2, 0.25) is 0 Å². The third-order valence-corrected chi connectivity index (χ3v) is 6.28. The molecule has 3 aromatic heterocycles. The maximum absolute atomic E-state index is 13.0. The largest absolute Gasteiger partial charge is 0.355 e. The van der Waals surface area contributed by atoms with Crippen LogP contribution in [0.15, 0.2) is 40.6 Å². The lowest BCUT2D eigenvalue weighted by molar-refractivity contribution is -0.125. The molecule has 1 aliphatic heterocycles. The van der Waals surface area contributed by atoms with Crippen LogP contribution >= 0.6 is 11.3 Å². The van der Waals surface area contributed by atoms with Crippen LogP contribution < -0.4 is 15.8 Å². The van der Waals surface area contributed by atoms with Gasteiger partial charge in [-0.2, -0.15) is 0 Å². The molecule has 0 unspecified atom stereocenters. The second kappa shape index (κ2) is 8.73. The average molecular weight is 412 g/mol. The van der Waals surface area contributed by atoms with E-state index in [2.05, 4.69) is 21.4 Å². The van der Waals surface area contributed by atoms with E-state index in [0.717, 1.165) is 25.8 Å². The molecule has 0 spiro atoms. The van der Waals surface area contributed by atoms with E-state index in [-0.39, 0.29) is 17.4 Å². The van der Waals surface area contributed by atoms with E-state index >= 15 is 0 Å². The van der Waals surface area contributed by atoms with Gasteiger partial charge in [0, 0.05) is 37.3 Å². The summed E-state index contributed by atoms with van der Waals surface area (Å²) in [5, 5.41) is 5.10. The van der Waals surface area contributed by atoms with Crippen LogP contribution in [0.25, 0.3) is 11.2 Å². The topological polar surface area (TPSA) is 80.1 Å². The molecule has 1 saturated heterocycles. The predicted octanol–water partition coefficient (Wildman–Crippen LogP) is 2.45. The summed E-state index contributed by atoms with van der Waals surface area (Å²) in [6.45, 7) is 4.35. The van der Waals surface area contributed by atoms with Gasteiger partial charge in [-0.1, -0.05) is 6.07 Å². The fraction of sp³-hybridized carbons (Fsp3) is 0.429. The molecule has 1 N–H and O–H groups in total. The molecule has 1 fully saturated rings. The molecule has 29 heavy (non-hydrogen) atoms. The minimum absolute atomic E-state index is 0.0597.